The second-order valence-corrected chi connectivity index (χ2v) is 5.49. The molecule has 2 heterocycles. The molecule has 7 nitrogen and oxygen atoms in total. The Kier molecular flexibility index (Phi) is 5.08. The lowest BCUT2D eigenvalue weighted by Crippen LogP contribution is -2.53. The Labute approximate surface area is 125 Å². The van der Waals surface area contributed by atoms with Gasteiger partial charge in [0.2, 0.25) is 0 Å². The van der Waals surface area contributed by atoms with Crippen LogP contribution in [0.1, 0.15) is 24.3 Å². The molecular weight excluding hydrogens is 270 g/mol. The number of carbonyl (C=O) groups excluding carboxylic acids is 1. The number of nitrogens with zero attached hydrogens (tertiary/aromatic N) is 4. The van der Waals surface area contributed by atoms with Crippen molar-refractivity contribution in [1.29, 1.82) is 0 Å². The molecule has 0 saturated carbocycles. The topological polar surface area (TPSA) is 81.6 Å². The third-order valence-corrected chi connectivity index (χ3v) is 3.70. The minimum atomic E-state index is -0.314. The van der Waals surface area contributed by atoms with Gasteiger partial charge in [-0.3, -0.25) is 9.69 Å². The number of rotatable bonds is 4. The van der Waals surface area contributed by atoms with Gasteiger partial charge in [-0.15, -0.1) is 10.2 Å². The van der Waals surface area contributed by atoms with Crippen LogP contribution in [0.15, 0.2) is 12.1 Å². The van der Waals surface area contributed by atoms with Crippen LogP contribution in [0.2, 0.25) is 0 Å². The quantitative estimate of drug-likeness (QED) is 0.795. The summed E-state index contributed by atoms with van der Waals surface area (Å²) in [6, 6.07) is 3.86. The lowest BCUT2D eigenvalue weighted by molar-refractivity contribution is 0.0956. The fourth-order valence-electron chi connectivity index (χ4n) is 2.56. The molecule has 1 fully saturated rings. The van der Waals surface area contributed by atoms with Crippen molar-refractivity contribution in [3.8, 4) is 0 Å². The summed E-state index contributed by atoms with van der Waals surface area (Å²) in [5, 5.41) is 20.1. The SMILES string of the molecule is CNC(=O)c1ccc(N2CCN(CC(C)O)C(C)C2)nn1. The first kappa shape index (κ1) is 15.7. The molecule has 2 unspecified atom stereocenters. The van der Waals surface area contributed by atoms with Gasteiger partial charge in [-0.1, -0.05) is 0 Å². The number of anilines is 1. The molecule has 0 aromatic carbocycles. The number of aliphatic hydroxyl groups is 1. The highest BCUT2D eigenvalue weighted by molar-refractivity contribution is 5.91. The van der Waals surface area contributed by atoms with E-state index in [2.05, 4.69) is 32.2 Å². The first-order chi connectivity index (χ1) is 10.0. The summed E-state index contributed by atoms with van der Waals surface area (Å²) in [5.74, 6) is 0.551. The molecule has 2 N–H and O–H groups in total. The van der Waals surface area contributed by atoms with Gasteiger partial charge in [0.15, 0.2) is 11.5 Å². The summed E-state index contributed by atoms with van der Waals surface area (Å²) >= 11 is 0. The fourth-order valence-corrected chi connectivity index (χ4v) is 2.56. The second-order valence-electron chi connectivity index (χ2n) is 5.49. The van der Waals surface area contributed by atoms with Gasteiger partial charge in [0.1, 0.15) is 0 Å². The Morgan fingerprint density at radius 3 is 2.76 bits per heavy atom. The van der Waals surface area contributed by atoms with Crippen LogP contribution in [-0.2, 0) is 0 Å². The summed E-state index contributed by atoms with van der Waals surface area (Å²) in [4.78, 5) is 15.9. The maximum atomic E-state index is 11.4. The van der Waals surface area contributed by atoms with E-state index in [-0.39, 0.29) is 12.0 Å². The molecule has 1 aliphatic rings. The van der Waals surface area contributed by atoms with Crippen LogP contribution in [0, 0.1) is 0 Å². The maximum Gasteiger partial charge on any atom is 0.271 e. The van der Waals surface area contributed by atoms with E-state index in [0.29, 0.717) is 18.3 Å². The smallest absolute Gasteiger partial charge is 0.271 e. The fraction of sp³-hybridized carbons (Fsp3) is 0.643. The first-order valence-corrected chi connectivity index (χ1v) is 7.24. The standard InChI is InChI=1S/C14H23N5O2/c1-10-8-19(7-6-18(10)9-11(2)20)13-5-4-12(16-17-13)14(21)15-3/h4-5,10-11,20H,6-9H2,1-3H3,(H,15,21). The van der Waals surface area contributed by atoms with E-state index < -0.39 is 0 Å². The van der Waals surface area contributed by atoms with Crippen molar-refractivity contribution in [3.05, 3.63) is 17.8 Å². The van der Waals surface area contributed by atoms with Crippen molar-refractivity contribution < 1.29 is 9.90 Å². The van der Waals surface area contributed by atoms with Gasteiger partial charge in [-0.25, -0.2) is 0 Å². The van der Waals surface area contributed by atoms with Gasteiger partial charge >= 0.3 is 0 Å². The zero-order chi connectivity index (χ0) is 15.4. The van der Waals surface area contributed by atoms with E-state index in [4.69, 9.17) is 0 Å². The average molecular weight is 293 g/mol. The van der Waals surface area contributed by atoms with Gasteiger partial charge in [0, 0.05) is 39.3 Å². The van der Waals surface area contributed by atoms with Crippen molar-refractivity contribution in [2.24, 2.45) is 0 Å². The van der Waals surface area contributed by atoms with E-state index >= 15 is 0 Å². The zero-order valence-electron chi connectivity index (χ0n) is 12.8. The Balaban J connectivity index is 1.99. The summed E-state index contributed by atoms with van der Waals surface area (Å²) in [7, 11) is 1.57. The maximum absolute atomic E-state index is 11.4. The molecule has 1 aromatic rings. The highest BCUT2D eigenvalue weighted by Crippen LogP contribution is 2.16. The molecule has 0 bridgehead atoms. The molecule has 2 rings (SSSR count). The number of aromatic nitrogens is 2. The van der Waals surface area contributed by atoms with E-state index in [9.17, 15) is 9.90 Å². The second kappa shape index (κ2) is 6.82. The van der Waals surface area contributed by atoms with Crippen LogP contribution in [0.25, 0.3) is 0 Å². The molecule has 21 heavy (non-hydrogen) atoms. The number of hydrogen-bond acceptors (Lipinski definition) is 6. The molecule has 0 spiro atoms. The van der Waals surface area contributed by atoms with Crippen molar-refractivity contribution in [2.75, 3.05) is 38.1 Å². The zero-order valence-corrected chi connectivity index (χ0v) is 12.8. The van der Waals surface area contributed by atoms with E-state index in [1.165, 1.54) is 0 Å². The Morgan fingerprint density at radius 1 is 1.48 bits per heavy atom. The number of carbonyl (C=O) groups is 1. The van der Waals surface area contributed by atoms with Crippen LogP contribution in [0.5, 0.6) is 0 Å². The molecule has 1 aromatic heterocycles. The summed E-state index contributed by atoms with van der Waals surface area (Å²) in [5.41, 5.74) is 0.321. The number of aliphatic hydroxyl groups excluding tert-OH is 1. The molecule has 1 saturated heterocycles. The van der Waals surface area contributed by atoms with Crippen molar-refractivity contribution in [3.63, 3.8) is 0 Å². The molecule has 116 valence electrons. The Hall–Kier alpha value is -1.73. The highest BCUT2D eigenvalue weighted by atomic mass is 16.3. The number of nitrogens with one attached hydrogen (secondary N) is 1. The minimum Gasteiger partial charge on any atom is -0.392 e. The average Bonchev–Trinajstić information content (AvgIpc) is 2.48. The van der Waals surface area contributed by atoms with E-state index in [0.717, 1.165) is 25.5 Å². The highest BCUT2D eigenvalue weighted by Gasteiger charge is 2.25. The number of piperazine rings is 1. The molecular formula is C14H23N5O2. The van der Waals surface area contributed by atoms with Gasteiger partial charge in [-0.05, 0) is 26.0 Å². The van der Waals surface area contributed by atoms with Crippen molar-refractivity contribution in [2.45, 2.75) is 26.0 Å². The van der Waals surface area contributed by atoms with Gasteiger partial charge < -0.3 is 15.3 Å². The number of amides is 1. The molecule has 2 atom stereocenters. The van der Waals surface area contributed by atoms with Gasteiger partial charge in [-0.2, -0.15) is 0 Å². The molecule has 1 aliphatic heterocycles. The molecule has 0 aliphatic carbocycles. The Bertz CT molecular complexity index is 477. The lowest BCUT2D eigenvalue weighted by Gasteiger charge is -2.40. The minimum absolute atomic E-state index is 0.232. The first-order valence-electron chi connectivity index (χ1n) is 7.24. The monoisotopic (exact) mass is 293 g/mol. The van der Waals surface area contributed by atoms with Crippen molar-refractivity contribution >= 4 is 11.7 Å². The van der Waals surface area contributed by atoms with E-state index in [1.54, 1.807) is 13.1 Å². The Morgan fingerprint density at radius 2 is 2.24 bits per heavy atom. The van der Waals surface area contributed by atoms with Crippen LogP contribution in [0.4, 0.5) is 5.82 Å². The summed E-state index contributed by atoms with van der Waals surface area (Å²) in [6.07, 6.45) is -0.314. The largest absolute Gasteiger partial charge is 0.392 e. The van der Waals surface area contributed by atoms with Crippen LogP contribution < -0.4 is 10.2 Å². The normalized spacial score (nSPS) is 21.1. The molecule has 0 radical (unpaired) electrons. The van der Waals surface area contributed by atoms with Crippen LogP contribution in [0.3, 0.4) is 0 Å². The van der Waals surface area contributed by atoms with Gasteiger partial charge in [0.05, 0.1) is 6.10 Å². The lowest BCUT2D eigenvalue weighted by atomic mass is 10.1. The predicted octanol–water partition coefficient (Wildman–Crippen LogP) is -0.272. The van der Waals surface area contributed by atoms with Crippen LogP contribution >= 0.6 is 0 Å². The third kappa shape index (κ3) is 3.89. The van der Waals surface area contributed by atoms with Crippen LogP contribution in [-0.4, -0.2) is 71.5 Å². The number of hydrogen-bond donors (Lipinski definition) is 2. The number of β-amino-alcohol motifs (C(OH)–C–C–N with tert-alkyl or cyclic N) is 1. The summed E-state index contributed by atoms with van der Waals surface area (Å²) < 4.78 is 0. The predicted molar refractivity (Wildman–Crippen MR) is 80.4 cm³/mol. The third-order valence-electron chi connectivity index (χ3n) is 3.70. The van der Waals surface area contributed by atoms with E-state index in [1.807, 2.05) is 13.0 Å². The van der Waals surface area contributed by atoms with Gasteiger partial charge in [0.25, 0.3) is 5.91 Å². The van der Waals surface area contributed by atoms with Crippen molar-refractivity contribution in [1.82, 2.24) is 20.4 Å². The summed E-state index contributed by atoms with van der Waals surface area (Å²) in [6.45, 7) is 7.19. The molecule has 1 amide bonds. The molecule has 7 heteroatoms.